The van der Waals surface area contributed by atoms with E-state index < -0.39 is 8.07 Å². The van der Waals surface area contributed by atoms with Gasteiger partial charge < -0.3 is 9.67 Å². The zero-order chi connectivity index (χ0) is 34.1. The molecular weight excluding hydrogens is 579 g/mol. The van der Waals surface area contributed by atoms with E-state index >= 15 is 0 Å². The number of rotatable bonds is 4. The Labute approximate surface area is 278 Å². The van der Waals surface area contributed by atoms with Gasteiger partial charge in [-0.3, -0.25) is 4.98 Å². The lowest BCUT2D eigenvalue weighted by Gasteiger charge is -2.27. The van der Waals surface area contributed by atoms with Gasteiger partial charge in [0.15, 0.2) is 0 Å². The van der Waals surface area contributed by atoms with E-state index in [1.54, 1.807) is 0 Å². The second-order valence-electron chi connectivity index (χ2n) is 17.3. The van der Waals surface area contributed by atoms with Crippen LogP contribution in [-0.2, 0) is 23.3 Å². The molecule has 2 aromatic heterocycles. The number of para-hydroxylation sites is 1. The molecule has 0 aliphatic heterocycles. The standard InChI is InChI=1S/C41H53N3OSi/c1-25-24-42-33(23-35(25)46(12,13)14)27-18-26(19-28(20-27)39(2,3)4)30-16-15-17-34-36(30)43-38(44(34)11)31-21-29(40(5,6)7)22-32(37(31)45)41(8,9)10/h15-24,45H,1-14H3. The zero-order valence-corrected chi connectivity index (χ0v) is 31.6. The Morgan fingerprint density at radius 3 is 1.91 bits per heavy atom. The lowest BCUT2D eigenvalue weighted by molar-refractivity contribution is 0.446. The molecule has 0 saturated carbocycles. The van der Waals surface area contributed by atoms with Gasteiger partial charge in [0.25, 0.3) is 0 Å². The highest BCUT2D eigenvalue weighted by molar-refractivity contribution is 6.89. The van der Waals surface area contributed by atoms with Crippen molar-refractivity contribution in [2.45, 2.75) is 105 Å². The zero-order valence-electron chi connectivity index (χ0n) is 30.6. The van der Waals surface area contributed by atoms with Gasteiger partial charge in [-0.1, -0.05) is 111 Å². The van der Waals surface area contributed by atoms with Crippen molar-refractivity contribution < 1.29 is 5.11 Å². The summed E-state index contributed by atoms with van der Waals surface area (Å²) in [5.41, 5.74) is 11.4. The van der Waals surface area contributed by atoms with Crippen molar-refractivity contribution >= 4 is 24.3 Å². The first-order valence-corrected chi connectivity index (χ1v) is 20.0. The summed E-state index contributed by atoms with van der Waals surface area (Å²) in [6.07, 6.45) is 2.04. The average Bonchev–Trinajstić information content (AvgIpc) is 3.27. The second-order valence-corrected chi connectivity index (χ2v) is 22.3. The number of hydrogen-bond donors (Lipinski definition) is 1. The lowest BCUT2D eigenvalue weighted by Crippen LogP contribution is -2.39. The molecule has 46 heavy (non-hydrogen) atoms. The predicted molar refractivity (Wildman–Crippen MR) is 200 cm³/mol. The number of aromatic nitrogens is 3. The first-order valence-electron chi connectivity index (χ1n) is 16.5. The molecule has 0 saturated heterocycles. The normalized spacial score (nSPS) is 13.1. The molecule has 5 rings (SSSR count). The molecule has 0 spiro atoms. The number of benzene rings is 3. The monoisotopic (exact) mass is 631 g/mol. The van der Waals surface area contributed by atoms with E-state index in [0.717, 1.165) is 50.4 Å². The summed E-state index contributed by atoms with van der Waals surface area (Å²) in [5.74, 6) is 1.07. The van der Waals surface area contributed by atoms with Crippen LogP contribution in [0.25, 0.3) is 44.8 Å². The van der Waals surface area contributed by atoms with E-state index in [4.69, 9.17) is 9.97 Å². The van der Waals surface area contributed by atoms with E-state index in [2.05, 4.69) is 155 Å². The van der Waals surface area contributed by atoms with E-state index in [-0.39, 0.29) is 16.2 Å². The van der Waals surface area contributed by atoms with E-state index in [9.17, 15) is 5.11 Å². The third-order valence-corrected chi connectivity index (χ3v) is 11.4. The smallest absolute Gasteiger partial charge is 0.144 e. The molecule has 242 valence electrons. The summed E-state index contributed by atoms with van der Waals surface area (Å²) in [7, 11) is 0.503. The number of nitrogens with zero attached hydrogens (tertiary/aromatic N) is 3. The Kier molecular flexibility index (Phi) is 8.21. The molecule has 0 fully saturated rings. The van der Waals surface area contributed by atoms with E-state index in [0.29, 0.717) is 5.75 Å². The molecule has 2 heterocycles. The van der Waals surface area contributed by atoms with Crippen molar-refractivity contribution in [1.29, 1.82) is 0 Å². The molecule has 0 atom stereocenters. The molecule has 0 aliphatic carbocycles. The number of phenols is 1. The Bertz CT molecular complexity index is 1950. The fraction of sp³-hybridized carbons (Fsp3) is 0.415. The van der Waals surface area contributed by atoms with Crippen molar-refractivity contribution in [2.75, 3.05) is 0 Å². The number of aromatic hydroxyl groups is 1. The van der Waals surface area contributed by atoms with Crippen LogP contribution in [0.1, 0.15) is 84.6 Å². The first-order chi connectivity index (χ1) is 21.1. The lowest BCUT2D eigenvalue weighted by atomic mass is 9.79. The Balaban J connectivity index is 1.78. The fourth-order valence-corrected chi connectivity index (χ4v) is 8.17. The number of fused-ring (bicyclic) bond motifs is 1. The minimum atomic E-state index is -1.55. The fourth-order valence-electron chi connectivity index (χ4n) is 6.35. The van der Waals surface area contributed by atoms with Gasteiger partial charge >= 0.3 is 0 Å². The number of phenolic OH excluding ortho intramolecular Hbond substituents is 1. The van der Waals surface area contributed by atoms with Crippen LogP contribution in [0.3, 0.4) is 0 Å². The van der Waals surface area contributed by atoms with Gasteiger partial charge in [-0.2, -0.15) is 0 Å². The minimum Gasteiger partial charge on any atom is -0.507 e. The van der Waals surface area contributed by atoms with E-state index in [1.807, 2.05) is 6.20 Å². The van der Waals surface area contributed by atoms with Gasteiger partial charge in [-0.15, -0.1) is 0 Å². The second kappa shape index (κ2) is 11.2. The Hall–Kier alpha value is -3.70. The average molecular weight is 632 g/mol. The summed E-state index contributed by atoms with van der Waals surface area (Å²) in [6, 6.07) is 19.9. The van der Waals surface area contributed by atoms with Crippen LogP contribution in [0.2, 0.25) is 19.6 Å². The SMILES string of the molecule is Cc1cnc(-c2cc(-c3cccc4c3nc(-c3cc(C(C)(C)C)cc(C(C)(C)C)c3O)n4C)cc(C(C)(C)C)c2)cc1[Si](C)(C)C. The summed E-state index contributed by atoms with van der Waals surface area (Å²) in [4.78, 5) is 10.3. The van der Waals surface area contributed by atoms with Crippen molar-refractivity contribution in [3.8, 4) is 39.5 Å². The van der Waals surface area contributed by atoms with Crippen molar-refractivity contribution in [3.05, 3.63) is 83.0 Å². The molecule has 0 bridgehead atoms. The Morgan fingerprint density at radius 2 is 1.33 bits per heavy atom. The molecule has 4 nitrogen and oxygen atoms in total. The van der Waals surface area contributed by atoms with Gasteiger partial charge in [0, 0.05) is 29.9 Å². The number of imidazole rings is 1. The maximum Gasteiger partial charge on any atom is 0.144 e. The molecule has 3 aromatic carbocycles. The molecular formula is C41H53N3OSi. The number of hydrogen-bond acceptors (Lipinski definition) is 3. The minimum absolute atomic E-state index is 0.0528. The van der Waals surface area contributed by atoms with Crippen LogP contribution in [-0.4, -0.2) is 27.7 Å². The summed E-state index contributed by atoms with van der Waals surface area (Å²) >= 11 is 0. The maximum absolute atomic E-state index is 11.7. The van der Waals surface area contributed by atoms with Crippen LogP contribution in [0.5, 0.6) is 5.75 Å². The summed E-state index contributed by atoms with van der Waals surface area (Å²) < 4.78 is 2.13. The highest BCUT2D eigenvalue weighted by Gasteiger charge is 2.28. The maximum atomic E-state index is 11.7. The Morgan fingerprint density at radius 1 is 0.717 bits per heavy atom. The molecule has 1 N–H and O–H groups in total. The molecule has 0 unspecified atom stereocenters. The summed E-state index contributed by atoms with van der Waals surface area (Å²) in [6.45, 7) is 29.3. The third-order valence-electron chi connectivity index (χ3n) is 9.25. The van der Waals surface area contributed by atoms with Crippen molar-refractivity contribution in [1.82, 2.24) is 14.5 Å². The van der Waals surface area contributed by atoms with Gasteiger partial charge in [-0.05, 0) is 75.8 Å². The number of pyridine rings is 1. The molecule has 0 radical (unpaired) electrons. The van der Waals surface area contributed by atoms with Crippen LogP contribution < -0.4 is 5.19 Å². The van der Waals surface area contributed by atoms with Crippen LogP contribution in [0.4, 0.5) is 0 Å². The van der Waals surface area contributed by atoms with Crippen LogP contribution in [0.15, 0.2) is 60.8 Å². The van der Waals surface area contributed by atoms with Gasteiger partial charge in [0.2, 0.25) is 0 Å². The van der Waals surface area contributed by atoms with Crippen LogP contribution >= 0.6 is 0 Å². The molecule has 5 aromatic rings. The topological polar surface area (TPSA) is 50.9 Å². The van der Waals surface area contributed by atoms with Gasteiger partial charge in [0.05, 0.1) is 30.4 Å². The third kappa shape index (κ3) is 6.31. The van der Waals surface area contributed by atoms with Crippen molar-refractivity contribution in [2.24, 2.45) is 7.05 Å². The predicted octanol–water partition coefficient (Wildman–Crippen LogP) is 10.4. The summed E-state index contributed by atoms with van der Waals surface area (Å²) in [5, 5.41) is 13.2. The number of aryl methyl sites for hydroxylation is 2. The quantitative estimate of drug-likeness (QED) is 0.201. The van der Waals surface area contributed by atoms with Crippen LogP contribution in [0, 0.1) is 6.92 Å². The van der Waals surface area contributed by atoms with Gasteiger partial charge in [-0.25, -0.2) is 4.98 Å². The molecule has 5 heteroatoms. The highest BCUT2D eigenvalue weighted by Crippen LogP contribution is 2.43. The first kappa shape index (κ1) is 33.7. The molecule has 0 amide bonds. The molecule has 0 aliphatic rings. The highest BCUT2D eigenvalue weighted by atomic mass is 28.3. The van der Waals surface area contributed by atoms with Gasteiger partial charge in [0.1, 0.15) is 11.6 Å². The van der Waals surface area contributed by atoms with Crippen molar-refractivity contribution in [3.63, 3.8) is 0 Å². The largest absolute Gasteiger partial charge is 0.507 e. The van der Waals surface area contributed by atoms with E-state index in [1.165, 1.54) is 21.9 Å².